The summed E-state index contributed by atoms with van der Waals surface area (Å²) < 4.78 is 0. The van der Waals surface area contributed by atoms with Crippen LogP contribution in [0.1, 0.15) is 29.2 Å². The second kappa shape index (κ2) is 4.92. The zero-order valence-electron chi connectivity index (χ0n) is 12.3. The van der Waals surface area contributed by atoms with E-state index in [9.17, 15) is 0 Å². The molecular weight excluding hydrogens is 254 g/mol. The van der Waals surface area contributed by atoms with Crippen LogP contribution in [-0.2, 0) is 19.3 Å². The molecule has 4 rings (SSSR count). The monoisotopic (exact) mass is 273 g/mol. The lowest BCUT2D eigenvalue weighted by Crippen LogP contribution is -1.90. The van der Waals surface area contributed by atoms with Crippen LogP contribution in [0, 0.1) is 0 Å². The van der Waals surface area contributed by atoms with Gasteiger partial charge in [-0.25, -0.2) is 0 Å². The van der Waals surface area contributed by atoms with E-state index in [1.807, 2.05) is 0 Å². The second-order valence-electron chi connectivity index (χ2n) is 5.90. The molecule has 104 valence electrons. The van der Waals surface area contributed by atoms with E-state index < -0.39 is 0 Å². The average molecular weight is 273 g/mol. The standard InChI is InChI=1S/C20H19N/c1-2-14-7-8-16-10-15(11-17(16)9-14)12-18-13-21-20-6-4-3-5-19(18)20/h3-9,11,13,21H,2,10,12H2,1H3. The van der Waals surface area contributed by atoms with Crippen molar-refractivity contribution in [3.05, 3.63) is 76.5 Å². The summed E-state index contributed by atoms with van der Waals surface area (Å²) in [6.07, 6.45) is 7.79. The summed E-state index contributed by atoms with van der Waals surface area (Å²) in [5.74, 6) is 0. The minimum atomic E-state index is 1.04. The quantitative estimate of drug-likeness (QED) is 0.697. The third kappa shape index (κ3) is 2.19. The van der Waals surface area contributed by atoms with Gasteiger partial charge in [0.25, 0.3) is 0 Å². The van der Waals surface area contributed by atoms with Gasteiger partial charge in [0.05, 0.1) is 0 Å². The first-order valence-corrected chi connectivity index (χ1v) is 7.69. The van der Waals surface area contributed by atoms with Crippen LogP contribution < -0.4 is 0 Å². The number of rotatable bonds is 3. The van der Waals surface area contributed by atoms with E-state index in [1.54, 1.807) is 0 Å². The molecule has 0 saturated heterocycles. The third-order valence-electron chi connectivity index (χ3n) is 4.49. The fraction of sp³-hybridized carbons (Fsp3) is 0.200. The number of aryl methyl sites for hydroxylation is 1. The van der Waals surface area contributed by atoms with E-state index in [1.165, 1.54) is 38.7 Å². The van der Waals surface area contributed by atoms with Crippen LogP contribution >= 0.6 is 0 Å². The SMILES string of the molecule is CCc1ccc2c(c1)C=C(Cc1c[nH]c3ccccc13)C2. The summed E-state index contributed by atoms with van der Waals surface area (Å²) in [5, 5.41) is 1.35. The molecule has 1 aliphatic carbocycles. The minimum absolute atomic E-state index is 1.04. The van der Waals surface area contributed by atoms with E-state index in [-0.39, 0.29) is 0 Å². The lowest BCUT2D eigenvalue weighted by atomic mass is 10.0. The number of para-hydroxylation sites is 1. The summed E-state index contributed by atoms with van der Waals surface area (Å²) >= 11 is 0. The molecule has 1 nitrogen and oxygen atoms in total. The molecule has 1 N–H and O–H groups in total. The van der Waals surface area contributed by atoms with Gasteiger partial charge in [0.2, 0.25) is 0 Å². The van der Waals surface area contributed by atoms with Crippen LogP contribution in [0.3, 0.4) is 0 Å². The predicted molar refractivity (Wildman–Crippen MR) is 89.5 cm³/mol. The number of nitrogens with one attached hydrogen (secondary N) is 1. The Morgan fingerprint density at radius 2 is 2.00 bits per heavy atom. The molecule has 0 aliphatic heterocycles. The number of H-pyrrole nitrogens is 1. The van der Waals surface area contributed by atoms with Gasteiger partial charge in [-0.2, -0.15) is 0 Å². The highest BCUT2D eigenvalue weighted by atomic mass is 14.7. The van der Waals surface area contributed by atoms with Gasteiger partial charge < -0.3 is 4.98 Å². The minimum Gasteiger partial charge on any atom is -0.361 e. The topological polar surface area (TPSA) is 15.8 Å². The smallest absolute Gasteiger partial charge is 0.0456 e. The lowest BCUT2D eigenvalue weighted by molar-refractivity contribution is 1.07. The van der Waals surface area contributed by atoms with Gasteiger partial charge in [0.1, 0.15) is 0 Å². The Morgan fingerprint density at radius 1 is 1.10 bits per heavy atom. The van der Waals surface area contributed by atoms with E-state index in [2.05, 4.69) is 66.6 Å². The Morgan fingerprint density at radius 3 is 2.90 bits per heavy atom. The highest BCUT2D eigenvalue weighted by Gasteiger charge is 2.14. The van der Waals surface area contributed by atoms with E-state index in [0.29, 0.717) is 0 Å². The number of hydrogen-bond acceptors (Lipinski definition) is 0. The molecule has 1 aliphatic rings. The van der Waals surface area contributed by atoms with Crippen molar-refractivity contribution in [3.8, 4) is 0 Å². The molecule has 1 aromatic heterocycles. The van der Waals surface area contributed by atoms with Crippen LogP contribution in [0.4, 0.5) is 0 Å². The zero-order chi connectivity index (χ0) is 14.2. The highest BCUT2D eigenvalue weighted by Crippen LogP contribution is 2.30. The molecule has 0 amide bonds. The summed E-state index contributed by atoms with van der Waals surface area (Å²) in [7, 11) is 0. The molecule has 0 radical (unpaired) electrons. The van der Waals surface area contributed by atoms with Crippen molar-refractivity contribution in [2.75, 3.05) is 0 Å². The molecule has 3 aromatic rings. The number of allylic oxidation sites excluding steroid dienone is 1. The molecule has 21 heavy (non-hydrogen) atoms. The Hall–Kier alpha value is -2.28. The fourth-order valence-corrected chi connectivity index (χ4v) is 3.31. The van der Waals surface area contributed by atoms with Crippen molar-refractivity contribution in [3.63, 3.8) is 0 Å². The first-order chi connectivity index (χ1) is 10.3. The normalized spacial score (nSPS) is 13.5. The molecule has 0 spiro atoms. The predicted octanol–water partition coefficient (Wildman–Crippen LogP) is 4.91. The molecule has 0 bridgehead atoms. The Balaban J connectivity index is 1.64. The molecule has 1 heterocycles. The molecule has 0 unspecified atom stereocenters. The highest BCUT2D eigenvalue weighted by molar-refractivity contribution is 5.83. The van der Waals surface area contributed by atoms with Crippen LogP contribution in [-0.4, -0.2) is 4.98 Å². The summed E-state index contributed by atoms with van der Waals surface area (Å²) in [5.41, 5.74) is 8.48. The molecule has 1 heteroatoms. The van der Waals surface area contributed by atoms with Gasteiger partial charge in [-0.1, -0.05) is 55.0 Å². The maximum Gasteiger partial charge on any atom is 0.0456 e. The number of hydrogen-bond donors (Lipinski definition) is 1. The Kier molecular flexibility index (Phi) is 2.92. The van der Waals surface area contributed by atoms with Crippen molar-refractivity contribution in [2.45, 2.75) is 26.2 Å². The number of benzene rings is 2. The van der Waals surface area contributed by atoms with Crippen molar-refractivity contribution in [2.24, 2.45) is 0 Å². The van der Waals surface area contributed by atoms with Gasteiger partial charge >= 0.3 is 0 Å². The molecule has 0 fully saturated rings. The van der Waals surface area contributed by atoms with Crippen molar-refractivity contribution in [1.29, 1.82) is 0 Å². The zero-order valence-corrected chi connectivity index (χ0v) is 12.3. The van der Waals surface area contributed by atoms with Crippen LogP contribution in [0.2, 0.25) is 0 Å². The van der Waals surface area contributed by atoms with Crippen LogP contribution in [0.5, 0.6) is 0 Å². The maximum atomic E-state index is 3.37. The van der Waals surface area contributed by atoms with E-state index in [0.717, 1.165) is 19.3 Å². The number of fused-ring (bicyclic) bond motifs is 2. The summed E-state index contributed by atoms with van der Waals surface area (Å²) in [6.45, 7) is 2.22. The Labute approximate surface area is 125 Å². The van der Waals surface area contributed by atoms with Gasteiger partial charge in [0, 0.05) is 17.1 Å². The third-order valence-corrected chi connectivity index (χ3v) is 4.49. The number of aromatic nitrogens is 1. The van der Waals surface area contributed by atoms with Crippen molar-refractivity contribution < 1.29 is 0 Å². The van der Waals surface area contributed by atoms with Crippen molar-refractivity contribution >= 4 is 17.0 Å². The molecule has 2 aromatic carbocycles. The first-order valence-electron chi connectivity index (χ1n) is 7.69. The van der Waals surface area contributed by atoms with E-state index >= 15 is 0 Å². The maximum absolute atomic E-state index is 3.37. The molecular formula is C20H19N. The van der Waals surface area contributed by atoms with Gasteiger partial charge in [-0.3, -0.25) is 0 Å². The Bertz CT molecular complexity index is 836. The van der Waals surface area contributed by atoms with Gasteiger partial charge in [0.15, 0.2) is 0 Å². The van der Waals surface area contributed by atoms with E-state index in [4.69, 9.17) is 0 Å². The molecule has 0 saturated carbocycles. The van der Waals surface area contributed by atoms with Crippen LogP contribution in [0.15, 0.2) is 54.2 Å². The average Bonchev–Trinajstić information content (AvgIpc) is 3.10. The summed E-state index contributed by atoms with van der Waals surface area (Å²) in [4.78, 5) is 3.37. The van der Waals surface area contributed by atoms with Gasteiger partial charge in [-0.05, 0) is 47.6 Å². The van der Waals surface area contributed by atoms with Gasteiger partial charge in [-0.15, -0.1) is 0 Å². The van der Waals surface area contributed by atoms with Crippen molar-refractivity contribution in [1.82, 2.24) is 4.98 Å². The number of aromatic amines is 1. The lowest BCUT2D eigenvalue weighted by Gasteiger charge is -2.02. The summed E-state index contributed by atoms with van der Waals surface area (Å²) in [6, 6.07) is 15.5. The first kappa shape index (κ1) is 12.5. The fourth-order valence-electron chi connectivity index (χ4n) is 3.31. The largest absolute Gasteiger partial charge is 0.361 e. The molecule has 0 atom stereocenters. The second-order valence-corrected chi connectivity index (χ2v) is 5.90. The van der Waals surface area contributed by atoms with Crippen LogP contribution in [0.25, 0.3) is 17.0 Å².